The highest BCUT2D eigenvalue weighted by Gasteiger charge is 2.28. The van der Waals surface area contributed by atoms with Crippen LogP contribution < -0.4 is 5.32 Å². The van der Waals surface area contributed by atoms with Gasteiger partial charge >= 0.3 is 5.97 Å². The maximum absolute atomic E-state index is 12.9. The summed E-state index contributed by atoms with van der Waals surface area (Å²) in [5, 5.41) is 13.8. The lowest BCUT2D eigenvalue weighted by molar-refractivity contribution is 0.0532. The quantitative estimate of drug-likeness (QED) is 0.294. The number of hydrogen-bond donors (Lipinski definition) is 2. The zero-order chi connectivity index (χ0) is 26.2. The summed E-state index contributed by atoms with van der Waals surface area (Å²) >= 11 is 7.79. The molecule has 11 heteroatoms. The van der Waals surface area contributed by atoms with E-state index in [1.54, 1.807) is 19.1 Å². The van der Waals surface area contributed by atoms with Crippen LogP contribution in [0.4, 0.5) is 0 Å². The van der Waals surface area contributed by atoms with Crippen LogP contribution in [0.25, 0.3) is 15.9 Å². The number of carbonyl (C=O) groups is 2. The highest BCUT2D eigenvalue weighted by molar-refractivity contribution is 7.16. The third-order valence-corrected chi connectivity index (χ3v) is 7.56. The van der Waals surface area contributed by atoms with Gasteiger partial charge in [0.25, 0.3) is 5.91 Å². The van der Waals surface area contributed by atoms with Crippen molar-refractivity contribution in [1.82, 2.24) is 25.1 Å². The van der Waals surface area contributed by atoms with E-state index in [1.165, 1.54) is 11.3 Å². The predicted octanol–water partition coefficient (Wildman–Crippen LogP) is 4.92. The SMILES string of the molecule is CCOC(=O)c1cc2c(s1)-n1c(nnc1CNC(=O)c1cc3ccccc3[nH]1)CN=C2c1ccccc1Cl. The average Bonchev–Trinajstić information content (AvgIpc) is 3.63. The van der Waals surface area contributed by atoms with Gasteiger partial charge in [-0.2, -0.15) is 0 Å². The average molecular weight is 545 g/mol. The molecule has 6 rings (SSSR count). The first-order valence-corrected chi connectivity index (χ1v) is 13.1. The van der Waals surface area contributed by atoms with Crippen LogP contribution in [0.15, 0.2) is 65.7 Å². The van der Waals surface area contributed by atoms with Crippen LogP contribution >= 0.6 is 22.9 Å². The summed E-state index contributed by atoms with van der Waals surface area (Å²) in [6.07, 6.45) is 0. The van der Waals surface area contributed by atoms with E-state index in [4.69, 9.17) is 21.3 Å². The summed E-state index contributed by atoms with van der Waals surface area (Å²) in [6, 6.07) is 18.7. The molecule has 1 aliphatic heterocycles. The first-order valence-electron chi connectivity index (χ1n) is 11.9. The number of aromatic amines is 1. The lowest BCUT2D eigenvalue weighted by Crippen LogP contribution is -2.25. The van der Waals surface area contributed by atoms with Gasteiger partial charge in [-0.3, -0.25) is 14.4 Å². The summed E-state index contributed by atoms with van der Waals surface area (Å²) in [7, 11) is 0. The normalized spacial score (nSPS) is 12.4. The molecule has 0 atom stereocenters. The summed E-state index contributed by atoms with van der Waals surface area (Å²) in [5.41, 5.74) is 3.44. The molecule has 0 unspecified atom stereocenters. The van der Waals surface area contributed by atoms with Gasteiger partial charge in [-0.15, -0.1) is 21.5 Å². The van der Waals surface area contributed by atoms with E-state index in [0.29, 0.717) is 43.5 Å². The van der Waals surface area contributed by atoms with Crippen LogP contribution in [0.1, 0.15) is 49.9 Å². The Labute approximate surface area is 226 Å². The Bertz CT molecular complexity index is 1700. The van der Waals surface area contributed by atoms with Crippen molar-refractivity contribution in [1.29, 1.82) is 0 Å². The van der Waals surface area contributed by atoms with Gasteiger partial charge in [0.05, 0.1) is 18.9 Å². The number of fused-ring (bicyclic) bond motifs is 4. The van der Waals surface area contributed by atoms with E-state index in [2.05, 4.69) is 20.5 Å². The number of ether oxygens (including phenoxy) is 1. The van der Waals surface area contributed by atoms with E-state index < -0.39 is 5.97 Å². The van der Waals surface area contributed by atoms with Crippen LogP contribution in [0.5, 0.6) is 0 Å². The maximum atomic E-state index is 12.9. The minimum absolute atomic E-state index is 0.120. The predicted molar refractivity (Wildman–Crippen MR) is 145 cm³/mol. The summed E-state index contributed by atoms with van der Waals surface area (Å²) in [5.74, 6) is 0.408. The maximum Gasteiger partial charge on any atom is 0.348 e. The second-order valence-electron chi connectivity index (χ2n) is 8.52. The van der Waals surface area contributed by atoms with Crippen LogP contribution in [0, 0.1) is 0 Å². The lowest BCUT2D eigenvalue weighted by atomic mass is 10.0. The number of aliphatic imine (C=N–C) groups is 1. The molecular formula is C27H21ClN6O3S. The van der Waals surface area contributed by atoms with E-state index in [1.807, 2.05) is 53.1 Å². The first-order chi connectivity index (χ1) is 18.5. The first kappa shape index (κ1) is 24.1. The van der Waals surface area contributed by atoms with Crippen molar-refractivity contribution in [2.75, 3.05) is 6.61 Å². The molecule has 0 saturated carbocycles. The molecule has 1 aliphatic rings. The zero-order valence-corrected chi connectivity index (χ0v) is 21.8. The molecule has 0 fully saturated rings. The molecule has 4 heterocycles. The Morgan fingerprint density at radius 3 is 2.74 bits per heavy atom. The number of para-hydroxylation sites is 1. The summed E-state index contributed by atoms with van der Waals surface area (Å²) in [6.45, 7) is 2.39. The molecule has 0 saturated heterocycles. The molecule has 0 bridgehead atoms. The Kier molecular flexibility index (Phi) is 6.26. The topological polar surface area (TPSA) is 114 Å². The fourth-order valence-electron chi connectivity index (χ4n) is 4.39. The fourth-order valence-corrected chi connectivity index (χ4v) is 5.71. The summed E-state index contributed by atoms with van der Waals surface area (Å²) in [4.78, 5) is 34.0. The Morgan fingerprint density at radius 1 is 1.11 bits per heavy atom. The monoisotopic (exact) mass is 544 g/mol. The molecular weight excluding hydrogens is 524 g/mol. The number of carbonyl (C=O) groups excluding carboxylic acids is 2. The molecule has 2 N–H and O–H groups in total. The smallest absolute Gasteiger partial charge is 0.348 e. The second kappa shape index (κ2) is 9.88. The van der Waals surface area contributed by atoms with Gasteiger partial charge in [0.1, 0.15) is 22.1 Å². The number of hydrogen-bond acceptors (Lipinski definition) is 7. The summed E-state index contributed by atoms with van der Waals surface area (Å²) < 4.78 is 7.11. The van der Waals surface area contributed by atoms with Crippen molar-refractivity contribution in [3.8, 4) is 5.00 Å². The number of esters is 1. The molecule has 3 aromatic heterocycles. The second-order valence-corrected chi connectivity index (χ2v) is 9.95. The van der Waals surface area contributed by atoms with Crippen molar-refractivity contribution >= 4 is 51.4 Å². The van der Waals surface area contributed by atoms with Gasteiger partial charge in [-0.05, 0) is 31.2 Å². The third-order valence-electron chi connectivity index (χ3n) is 6.13. The van der Waals surface area contributed by atoms with E-state index in [-0.39, 0.29) is 25.6 Å². The zero-order valence-electron chi connectivity index (χ0n) is 20.2. The number of H-pyrrole nitrogens is 1. The Balaban J connectivity index is 1.37. The number of nitrogens with one attached hydrogen (secondary N) is 2. The largest absolute Gasteiger partial charge is 0.462 e. The van der Waals surface area contributed by atoms with Crippen molar-refractivity contribution in [3.05, 3.63) is 99.0 Å². The van der Waals surface area contributed by atoms with E-state index >= 15 is 0 Å². The van der Waals surface area contributed by atoms with Gasteiger partial charge in [0.15, 0.2) is 11.6 Å². The van der Waals surface area contributed by atoms with Crippen molar-refractivity contribution in [3.63, 3.8) is 0 Å². The molecule has 38 heavy (non-hydrogen) atoms. The number of amides is 1. The number of nitrogens with zero attached hydrogens (tertiary/aromatic N) is 4. The highest BCUT2D eigenvalue weighted by atomic mass is 35.5. The minimum Gasteiger partial charge on any atom is -0.462 e. The van der Waals surface area contributed by atoms with Crippen molar-refractivity contribution < 1.29 is 14.3 Å². The number of rotatable bonds is 6. The van der Waals surface area contributed by atoms with Gasteiger partial charge < -0.3 is 15.0 Å². The number of aromatic nitrogens is 4. The van der Waals surface area contributed by atoms with Crippen LogP contribution in [-0.4, -0.2) is 43.9 Å². The molecule has 190 valence electrons. The van der Waals surface area contributed by atoms with E-state index in [0.717, 1.165) is 16.5 Å². The molecule has 5 aromatic rings. The Morgan fingerprint density at radius 2 is 1.92 bits per heavy atom. The van der Waals surface area contributed by atoms with Crippen molar-refractivity contribution in [2.24, 2.45) is 4.99 Å². The van der Waals surface area contributed by atoms with Crippen LogP contribution in [-0.2, 0) is 17.8 Å². The minimum atomic E-state index is -0.424. The van der Waals surface area contributed by atoms with Crippen LogP contribution in [0.2, 0.25) is 5.02 Å². The highest BCUT2D eigenvalue weighted by Crippen LogP contribution is 2.35. The Hall–Kier alpha value is -4.28. The van der Waals surface area contributed by atoms with E-state index in [9.17, 15) is 9.59 Å². The van der Waals surface area contributed by atoms with Crippen LogP contribution in [0.3, 0.4) is 0 Å². The van der Waals surface area contributed by atoms with Gasteiger partial charge in [-0.1, -0.05) is 48.0 Å². The van der Waals surface area contributed by atoms with Gasteiger partial charge in [-0.25, -0.2) is 4.79 Å². The van der Waals surface area contributed by atoms with Crippen molar-refractivity contribution in [2.45, 2.75) is 20.0 Å². The number of thiophene rings is 1. The molecule has 0 aliphatic carbocycles. The lowest BCUT2D eigenvalue weighted by Gasteiger charge is -2.10. The standard InChI is InChI=1S/C27H21ClN6O3S/c1-2-37-27(36)21-12-17-24(16-8-4-5-9-18(16)28)29-13-22-32-33-23(34(22)26(17)38-21)14-30-25(35)20-11-15-7-3-6-10-19(15)31-20/h3-12,31H,2,13-14H2,1H3,(H,30,35). The molecule has 0 radical (unpaired) electrons. The molecule has 0 spiro atoms. The molecule has 9 nitrogen and oxygen atoms in total. The number of halogens is 1. The molecule has 2 aromatic carbocycles. The fraction of sp³-hybridized carbons (Fsp3) is 0.148. The third kappa shape index (κ3) is 4.27. The van der Waals surface area contributed by atoms with Gasteiger partial charge in [0, 0.05) is 27.1 Å². The molecule has 1 amide bonds. The van der Waals surface area contributed by atoms with Gasteiger partial charge in [0.2, 0.25) is 0 Å². The number of benzene rings is 2.